The molecule has 1 heterocycles. The summed E-state index contributed by atoms with van der Waals surface area (Å²) in [5.41, 5.74) is 2.31. The quantitative estimate of drug-likeness (QED) is 0.932. The molecule has 2 aromatic carbocycles. The van der Waals surface area contributed by atoms with Crippen LogP contribution in [0, 0.1) is 11.6 Å². The molecule has 120 valence electrons. The maximum absolute atomic E-state index is 13.1. The fourth-order valence-electron chi connectivity index (χ4n) is 2.76. The maximum atomic E-state index is 13.1. The molecule has 3 rings (SSSR count). The van der Waals surface area contributed by atoms with Crippen LogP contribution >= 0.6 is 0 Å². The number of rotatable bonds is 4. The van der Waals surface area contributed by atoms with Gasteiger partial charge in [-0.15, -0.1) is 0 Å². The number of carbonyl (C=O) groups is 1. The minimum atomic E-state index is -0.974. The molecule has 0 radical (unpaired) electrons. The molecule has 0 atom stereocenters. The van der Waals surface area contributed by atoms with Crippen molar-refractivity contribution in [1.29, 1.82) is 0 Å². The van der Waals surface area contributed by atoms with Crippen molar-refractivity contribution in [1.82, 2.24) is 0 Å². The van der Waals surface area contributed by atoms with Gasteiger partial charge in [0.25, 0.3) is 0 Å². The summed E-state index contributed by atoms with van der Waals surface area (Å²) in [4.78, 5) is 14.3. The van der Waals surface area contributed by atoms with Gasteiger partial charge in [-0.2, -0.15) is 0 Å². The number of hydrogen-bond acceptors (Lipinski definition) is 2. The molecule has 0 aliphatic carbocycles. The number of hydrogen-bond donors (Lipinski definition) is 1. The molecule has 5 heteroatoms. The third kappa shape index (κ3) is 3.86. The van der Waals surface area contributed by atoms with Gasteiger partial charge >= 0.3 is 0 Å². The summed E-state index contributed by atoms with van der Waals surface area (Å²) in [6.07, 6.45) is 2.63. The summed E-state index contributed by atoms with van der Waals surface area (Å²) in [7, 11) is 0. The second-order valence-electron chi connectivity index (χ2n) is 5.71. The zero-order valence-electron chi connectivity index (χ0n) is 12.7. The van der Waals surface area contributed by atoms with Gasteiger partial charge in [0.05, 0.1) is 6.42 Å². The SMILES string of the molecule is O=C(Cc1ccc(N2CCCC2)cc1)Nc1ccc(F)c(F)c1. The Morgan fingerprint density at radius 2 is 1.70 bits per heavy atom. The first-order chi connectivity index (χ1) is 11.1. The maximum Gasteiger partial charge on any atom is 0.228 e. The number of anilines is 2. The predicted octanol–water partition coefficient (Wildman–Crippen LogP) is 3.75. The van der Waals surface area contributed by atoms with E-state index in [-0.39, 0.29) is 18.0 Å². The molecule has 23 heavy (non-hydrogen) atoms. The molecule has 0 spiro atoms. The fraction of sp³-hybridized carbons (Fsp3) is 0.278. The van der Waals surface area contributed by atoms with Gasteiger partial charge in [0.2, 0.25) is 5.91 Å². The molecule has 1 amide bonds. The predicted molar refractivity (Wildman–Crippen MR) is 86.6 cm³/mol. The lowest BCUT2D eigenvalue weighted by Crippen LogP contribution is -2.18. The minimum Gasteiger partial charge on any atom is -0.372 e. The van der Waals surface area contributed by atoms with E-state index in [4.69, 9.17) is 0 Å². The lowest BCUT2D eigenvalue weighted by atomic mass is 10.1. The smallest absolute Gasteiger partial charge is 0.228 e. The molecule has 1 aliphatic heterocycles. The normalized spacial score (nSPS) is 14.1. The third-order valence-corrected chi connectivity index (χ3v) is 3.98. The standard InChI is InChI=1S/C18H18F2N2O/c19-16-8-5-14(12-17(16)20)21-18(23)11-13-3-6-15(7-4-13)22-9-1-2-10-22/h3-8,12H,1-2,9-11H2,(H,21,23). The fourth-order valence-corrected chi connectivity index (χ4v) is 2.76. The molecule has 3 nitrogen and oxygen atoms in total. The van der Waals surface area contributed by atoms with Gasteiger partial charge in [0, 0.05) is 30.5 Å². The highest BCUT2D eigenvalue weighted by atomic mass is 19.2. The van der Waals surface area contributed by atoms with E-state index in [2.05, 4.69) is 10.2 Å². The van der Waals surface area contributed by atoms with Gasteiger partial charge in [-0.25, -0.2) is 8.78 Å². The van der Waals surface area contributed by atoms with E-state index in [0.29, 0.717) is 0 Å². The third-order valence-electron chi connectivity index (χ3n) is 3.98. The molecular weight excluding hydrogens is 298 g/mol. The van der Waals surface area contributed by atoms with Crippen LogP contribution < -0.4 is 10.2 Å². The molecule has 0 bridgehead atoms. The van der Waals surface area contributed by atoms with Crippen LogP contribution in [0.2, 0.25) is 0 Å². The molecule has 1 aliphatic rings. The van der Waals surface area contributed by atoms with Crippen LogP contribution in [0.1, 0.15) is 18.4 Å². The summed E-state index contributed by atoms with van der Waals surface area (Å²) < 4.78 is 26.0. The molecule has 0 saturated carbocycles. The van der Waals surface area contributed by atoms with Gasteiger partial charge in [0.15, 0.2) is 11.6 Å². The van der Waals surface area contributed by atoms with Crippen LogP contribution in [-0.4, -0.2) is 19.0 Å². The Morgan fingerprint density at radius 1 is 1.00 bits per heavy atom. The number of halogens is 2. The van der Waals surface area contributed by atoms with Gasteiger partial charge < -0.3 is 10.2 Å². The topological polar surface area (TPSA) is 32.3 Å². The van der Waals surface area contributed by atoms with Crippen molar-refractivity contribution in [3.05, 3.63) is 59.7 Å². The van der Waals surface area contributed by atoms with Crippen molar-refractivity contribution in [2.45, 2.75) is 19.3 Å². The summed E-state index contributed by atoms with van der Waals surface area (Å²) in [5, 5.41) is 2.57. The Kier molecular flexibility index (Phi) is 4.55. The van der Waals surface area contributed by atoms with E-state index in [0.717, 1.165) is 30.8 Å². The first kappa shape index (κ1) is 15.5. The van der Waals surface area contributed by atoms with E-state index in [1.165, 1.54) is 24.6 Å². The van der Waals surface area contributed by atoms with Crippen LogP contribution in [-0.2, 0) is 11.2 Å². The summed E-state index contributed by atoms with van der Waals surface area (Å²) in [6.45, 7) is 2.16. The second-order valence-corrected chi connectivity index (χ2v) is 5.71. The van der Waals surface area contributed by atoms with Crippen LogP contribution in [0.25, 0.3) is 0 Å². The zero-order chi connectivity index (χ0) is 16.2. The number of carbonyl (C=O) groups excluding carboxylic acids is 1. The monoisotopic (exact) mass is 316 g/mol. The van der Waals surface area contributed by atoms with Crippen LogP contribution in [0.15, 0.2) is 42.5 Å². The van der Waals surface area contributed by atoms with E-state index in [1.807, 2.05) is 24.3 Å². The molecule has 1 N–H and O–H groups in total. The average Bonchev–Trinajstić information content (AvgIpc) is 3.06. The summed E-state index contributed by atoms with van der Waals surface area (Å²) in [6, 6.07) is 11.2. The molecule has 1 saturated heterocycles. The van der Waals surface area contributed by atoms with Crippen molar-refractivity contribution >= 4 is 17.3 Å². The molecule has 1 fully saturated rings. The van der Waals surface area contributed by atoms with Crippen molar-refractivity contribution in [2.75, 3.05) is 23.3 Å². The average molecular weight is 316 g/mol. The molecule has 0 unspecified atom stereocenters. The Morgan fingerprint density at radius 3 is 2.35 bits per heavy atom. The Balaban J connectivity index is 1.59. The van der Waals surface area contributed by atoms with Crippen LogP contribution in [0.4, 0.5) is 20.2 Å². The van der Waals surface area contributed by atoms with Gasteiger partial charge in [-0.3, -0.25) is 4.79 Å². The number of amides is 1. The van der Waals surface area contributed by atoms with Crippen molar-refractivity contribution < 1.29 is 13.6 Å². The highest BCUT2D eigenvalue weighted by Gasteiger charge is 2.12. The largest absolute Gasteiger partial charge is 0.372 e. The minimum absolute atomic E-state index is 0.194. The van der Waals surface area contributed by atoms with E-state index < -0.39 is 11.6 Å². The number of nitrogens with one attached hydrogen (secondary N) is 1. The first-order valence-electron chi connectivity index (χ1n) is 7.70. The Labute approximate surface area is 133 Å². The lowest BCUT2D eigenvalue weighted by molar-refractivity contribution is -0.115. The first-order valence-corrected chi connectivity index (χ1v) is 7.70. The van der Waals surface area contributed by atoms with Crippen LogP contribution in [0.5, 0.6) is 0 Å². The molecule has 0 aromatic heterocycles. The van der Waals surface area contributed by atoms with Crippen molar-refractivity contribution in [3.8, 4) is 0 Å². The van der Waals surface area contributed by atoms with Crippen molar-refractivity contribution in [3.63, 3.8) is 0 Å². The summed E-state index contributed by atoms with van der Waals surface area (Å²) in [5.74, 6) is -2.16. The zero-order valence-corrected chi connectivity index (χ0v) is 12.7. The van der Waals surface area contributed by atoms with E-state index in [9.17, 15) is 13.6 Å². The van der Waals surface area contributed by atoms with Crippen LogP contribution in [0.3, 0.4) is 0 Å². The van der Waals surface area contributed by atoms with E-state index in [1.54, 1.807) is 0 Å². The lowest BCUT2D eigenvalue weighted by Gasteiger charge is -2.17. The molecular formula is C18H18F2N2O. The summed E-state index contributed by atoms with van der Waals surface area (Å²) >= 11 is 0. The van der Waals surface area contributed by atoms with Gasteiger partial charge in [-0.05, 0) is 42.7 Å². The molecule has 2 aromatic rings. The highest BCUT2D eigenvalue weighted by molar-refractivity contribution is 5.92. The second kappa shape index (κ2) is 6.77. The highest BCUT2D eigenvalue weighted by Crippen LogP contribution is 2.21. The van der Waals surface area contributed by atoms with Gasteiger partial charge in [-0.1, -0.05) is 12.1 Å². The van der Waals surface area contributed by atoms with E-state index >= 15 is 0 Å². The Hall–Kier alpha value is -2.43. The number of benzene rings is 2. The Bertz CT molecular complexity index is 695. The number of nitrogens with zero attached hydrogens (tertiary/aromatic N) is 1. The van der Waals surface area contributed by atoms with Gasteiger partial charge in [0.1, 0.15) is 0 Å². The van der Waals surface area contributed by atoms with Crippen molar-refractivity contribution in [2.24, 2.45) is 0 Å².